The van der Waals surface area contributed by atoms with Crippen molar-refractivity contribution in [3.63, 3.8) is 0 Å². The summed E-state index contributed by atoms with van der Waals surface area (Å²) in [6.07, 6.45) is 7.51. The van der Waals surface area contributed by atoms with Crippen molar-refractivity contribution >= 4 is 11.0 Å². The van der Waals surface area contributed by atoms with Crippen molar-refractivity contribution < 1.29 is 4.74 Å². The lowest BCUT2D eigenvalue weighted by Gasteiger charge is -2.35. The third-order valence-corrected chi connectivity index (χ3v) is 6.47. The average molecular weight is 393 g/mol. The summed E-state index contributed by atoms with van der Waals surface area (Å²) in [7, 11) is 0. The number of aromatic amines is 1. The molecule has 1 saturated carbocycles. The molecule has 5 rings (SSSR count). The van der Waals surface area contributed by atoms with Gasteiger partial charge in [-0.05, 0) is 44.6 Å². The molecule has 0 spiro atoms. The Kier molecular flexibility index (Phi) is 4.43. The van der Waals surface area contributed by atoms with Crippen molar-refractivity contribution in [2.45, 2.75) is 50.6 Å². The highest BCUT2D eigenvalue weighted by molar-refractivity contribution is 5.80. The minimum absolute atomic E-state index is 0.0361. The molecule has 1 saturated heterocycles. The molecule has 3 atom stereocenters. The Balaban J connectivity index is 1.58. The Morgan fingerprint density at radius 2 is 2.14 bits per heavy atom. The molecule has 4 heterocycles. The Hall–Kier alpha value is -2.99. The maximum atomic E-state index is 12.9. The Morgan fingerprint density at radius 1 is 1.31 bits per heavy atom. The van der Waals surface area contributed by atoms with Crippen LogP contribution in [0.5, 0.6) is 0 Å². The van der Waals surface area contributed by atoms with E-state index >= 15 is 0 Å². The van der Waals surface area contributed by atoms with Gasteiger partial charge >= 0.3 is 0 Å². The number of hydrogen-bond donors (Lipinski definition) is 1. The maximum absolute atomic E-state index is 12.9. The number of nitriles is 1. The summed E-state index contributed by atoms with van der Waals surface area (Å²) < 4.78 is 9.19. The van der Waals surface area contributed by atoms with Crippen LogP contribution in [-0.2, 0) is 4.74 Å². The van der Waals surface area contributed by atoms with Crippen molar-refractivity contribution in [3.8, 4) is 6.07 Å². The minimum Gasteiger partial charge on any atom is -0.381 e. The predicted molar refractivity (Wildman–Crippen MR) is 104 cm³/mol. The van der Waals surface area contributed by atoms with Crippen molar-refractivity contribution in [1.29, 1.82) is 5.26 Å². The highest BCUT2D eigenvalue weighted by atomic mass is 16.5. The van der Waals surface area contributed by atoms with Gasteiger partial charge in [0.1, 0.15) is 17.3 Å². The molecular weight excluding hydrogens is 370 g/mol. The number of hydrogen-bond acceptors (Lipinski definition) is 6. The van der Waals surface area contributed by atoms with Gasteiger partial charge in [0.15, 0.2) is 11.3 Å². The monoisotopic (exact) mass is 393 g/mol. The second kappa shape index (κ2) is 7.12. The van der Waals surface area contributed by atoms with E-state index < -0.39 is 0 Å². The second-order valence-electron chi connectivity index (χ2n) is 7.98. The zero-order valence-electron chi connectivity index (χ0n) is 16.3. The van der Waals surface area contributed by atoms with E-state index in [0.29, 0.717) is 17.4 Å². The lowest BCUT2D eigenvalue weighted by molar-refractivity contribution is 0.0501. The highest BCUT2D eigenvalue weighted by Gasteiger charge is 2.37. The molecule has 0 radical (unpaired) electrons. The first-order valence-corrected chi connectivity index (χ1v) is 10.2. The van der Waals surface area contributed by atoms with Crippen LogP contribution in [0.1, 0.15) is 62.1 Å². The third kappa shape index (κ3) is 2.95. The van der Waals surface area contributed by atoms with Crippen LogP contribution in [0.25, 0.3) is 11.0 Å². The van der Waals surface area contributed by atoms with E-state index in [1.807, 2.05) is 16.9 Å². The number of nitrogens with zero attached hydrogens (tertiary/aromatic N) is 6. The Bertz CT molecular complexity index is 1120. The van der Waals surface area contributed by atoms with Gasteiger partial charge in [-0.1, -0.05) is 0 Å². The van der Waals surface area contributed by atoms with Gasteiger partial charge in [0, 0.05) is 31.5 Å². The summed E-state index contributed by atoms with van der Waals surface area (Å²) in [6, 6.07) is 4.19. The molecule has 3 aromatic rings. The molecular formula is C20H23N7O2. The number of rotatable bonds is 4. The van der Waals surface area contributed by atoms with Gasteiger partial charge in [-0.25, -0.2) is 9.67 Å². The molecule has 0 bridgehead atoms. The van der Waals surface area contributed by atoms with Crippen LogP contribution in [-0.4, -0.2) is 42.7 Å². The molecule has 0 aromatic carbocycles. The number of aromatic nitrogens is 6. The molecule has 1 aliphatic heterocycles. The quantitative estimate of drug-likeness (QED) is 0.727. The van der Waals surface area contributed by atoms with Crippen LogP contribution >= 0.6 is 0 Å². The summed E-state index contributed by atoms with van der Waals surface area (Å²) in [4.78, 5) is 20.6. The molecule has 29 heavy (non-hydrogen) atoms. The van der Waals surface area contributed by atoms with E-state index in [0.717, 1.165) is 38.9 Å². The Morgan fingerprint density at radius 3 is 2.79 bits per heavy atom. The van der Waals surface area contributed by atoms with E-state index in [1.165, 1.54) is 0 Å². The topological polar surface area (TPSA) is 114 Å². The molecule has 1 aliphatic carbocycles. The zero-order chi connectivity index (χ0) is 20.0. The summed E-state index contributed by atoms with van der Waals surface area (Å²) in [5, 5.41) is 18.6. The van der Waals surface area contributed by atoms with E-state index in [-0.39, 0.29) is 34.6 Å². The Labute approximate surface area is 167 Å². The number of fused-ring (bicyclic) bond motifs is 1. The fourth-order valence-electron chi connectivity index (χ4n) is 4.59. The van der Waals surface area contributed by atoms with Gasteiger partial charge in [0.25, 0.3) is 5.56 Å². The van der Waals surface area contributed by atoms with E-state index in [4.69, 9.17) is 9.72 Å². The average Bonchev–Trinajstić information content (AvgIpc) is 3.35. The molecule has 0 unspecified atom stereocenters. The molecule has 2 fully saturated rings. The van der Waals surface area contributed by atoms with E-state index in [9.17, 15) is 10.1 Å². The molecule has 3 aromatic heterocycles. The van der Waals surface area contributed by atoms with Gasteiger partial charge in [-0.2, -0.15) is 15.5 Å². The lowest BCUT2D eigenvalue weighted by Crippen LogP contribution is -2.31. The van der Waals surface area contributed by atoms with Crippen LogP contribution in [0.3, 0.4) is 0 Å². The minimum atomic E-state index is -0.293. The van der Waals surface area contributed by atoms with Crippen molar-refractivity contribution in [3.05, 3.63) is 40.3 Å². The van der Waals surface area contributed by atoms with E-state index in [1.54, 1.807) is 10.9 Å². The van der Waals surface area contributed by atoms with E-state index in [2.05, 4.69) is 28.2 Å². The molecule has 9 nitrogen and oxygen atoms in total. The zero-order valence-corrected chi connectivity index (χ0v) is 16.3. The van der Waals surface area contributed by atoms with Crippen molar-refractivity contribution in [2.24, 2.45) is 5.92 Å². The first-order valence-electron chi connectivity index (χ1n) is 10.2. The normalized spacial score (nSPS) is 23.6. The van der Waals surface area contributed by atoms with Crippen LogP contribution in [0.4, 0.5) is 0 Å². The van der Waals surface area contributed by atoms with Crippen molar-refractivity contribution in [1.82, 2.24) is 29.5 Å². The SMILES string of the molecule is C[C@H](C1CCOCC1)n1nc(C#N)c2c(=O)[nH]c([C@@H]3CC[C@H]3n3cccn3)nc21. The van der Waals surface area contributed by atoms with Crippen molar-refractivity contribution in [2.75, 3.05) is 13.2 Å². The van der Waals surface area contributed by atoms with Gasteiger partial charge in [-0.15, -0.1) is 0 Å². The lowest BCUT2D eigenvalue weighted by atomic mass is 9.79. The summed E-state index contributed by atoms with van der Waals surface area (Å²) in [6.45, 7) is 3.54. The predicted octanol–water partition coefficient (Wildman–Crippen LogP) is 2.29. The number of H-pyrrole nitrogens is 1. The molecule has 0 amide bonds. The number of nitrogens with one attached hydrogen (secondary N) is 1. The number of ether oxygens (including phenoxy) is 1. The summed E-state index contributed by atoms with van der Waals surface area (Å²) in [5.74, 6) is 1.13. The van der Waals surface area contributed by atoms with Gasteiger partial charge in [0.05, 0.1) is 12.1 Å². The first kappa shape index (κ1) is 18.1. The molecule has 150 valence electrons. The van der Waals surface area contributed by atoms with Crippen LogP contribution in [0.2, 0.25) is 0 Å². The van der Waals surface area contributed by atoms with Gasteiger partial charge in [0.2, 0.25) is 0 Å². The largest absolute Gasteiger partial charge is 0.381 e. The molecule has 9 heteroatoms. The standard InChI is InChI=1S/C20H23N7O2/c1-12(13-5-9-29-10-6-13)27-19-17(15(11-21)25-27)20(28)24-18(23-19)14-3-4-16(14)26-8-2-7-22-26/h2,7-8,12-14,16H,3-6,9-10H2,1H3,(H,23,24,28)/t12-,14-,16-/m1/s1. The van der Waals surface area contributed by atoms with Crippen LogP contribution in [0, 0.1) is 17.2 Å². The third-order valence-electron chi connectivity index (χ3n) is 6.47. The molecule has 1 N–H and O–H groups in total. The fourth-order valence-corrected chi connectivity index (χ4v) is 4.59. The summed E-state index contributed by atoms with van der Waals surface area (Å²) in [5.41, 5.74) is 0.347. The van der Waals surface area contributed by atoms with Crippen LogP contribution in [0.15, 0.2) is 23.3 Å². The first-order chi connectivity index (χ1) is 14.2. The smallest absolute Gasteiger partial charge is 0.263 e. The van der Waals surface area contributed by atoms with Crippen LogP contribution < -0.4 is 5.56 Å². The molecule has 2 aliphatic rings. The van der Waals surface area contributed by atoms with Gasteiger partial charge < -0.3 is 9.72 Å². The second-order valence-corrected chi connectivity index (χ2v) is 7.98. The summed E-state index contributed by atoms with van der Waals surface area (Å²) >= 11 is 0. The maximum Gasteiger partial charge on any atom is 0.263 e. The highest BCUT2D eigenvalue weighted by Crippen LogP contribution is 2.44. The van der Waals surface area contributed by atoms with Gasteiger partial charge in [-0.3, -0.25) is 9.48 Å². The fraction of sp³-hybridized carbons (Fsp3) is 0.550.